The Morgan fingerprint density at radius 1 is 0.889 bits per heavy atom. The minimum Gasteiger partial charge on any atom is -0.325 e. The third-order valence-corrected chi connectivity index (χ3v) is 7.27. The van der Waals surface area contributed by atoms with E-state index in [0.717, 1.165) is 68.7 Å². The van der Waals surface area contributed by atoms with E-state index in [2.05, 4.69) is 25.1 Å². The average Bonchev–Trinajstić information content (AvgIpc) is 3.58. The molecule has 10 heteroatoms. The fourth-order valence-corrected chi connectivity index (χ4v) is 5.34. The summed E-state index contributed by atoms with van der Waals surface area (Å²) < 4.78 is 17.0. The highest BCUT2D eigenvalue weighted by Crippen LogP contribution is 2.26. The van der Waals surface area contributed by atoms with Gasteiger partial charge >= 0.3 is 6.03 Å². The lowest BCUT2D eigenvalue weighted by Gasteiger charge is -2.32. The van der Waals surface area contributed by atoms with Gasteiger partial charge in [-0.2, -0.15) is 0 Å². The number of aryl methyl sites for hydroxylation is 1. The van der Waals surface area contributed by atoms with Crippen LogP contribution in [0.5, 0.6) is 0 Å². The number of nitrogens with one attached hydrogen (secondary N) is 1. The molecular formula is C26H28FN7O2. The summed E-state index contributed by atoms with van der Waals surface area (Å²) in [5, 5.41) is 11.3. The zero-order valence-electron chi connectivity index (χ0n) is 20.0. The summed E-state index contributed by atoms with van der Waals surface area (Å²) in [5.74, 6) is 0.775. The molecule has 3 aliphatic heterocycles. The summed E-state index contributed by atoms with van der Waals surface area (Å²) in [6, 6.07) is 8.29. The van der Waals surface area contributed by atoms with Gasteiger partial charge in [-0.15, -0.1) is 10.2 Å². The molecule has 6 rings (SSSR count). The van der Waals surface area contributed by atoms with Crippen LogP contribution in [0.3, 0.4) is 0 Å². The van der Waals surface area contributed by atoms with E-state index in [0.29, 0.717) is 36.8 Å². The molecule has 0 radical (unpaired) electrons. The summed E-state index contributed by atoms with van der Waals surface area (Å²) in [4.78, 5) is 34.1. The van der Waals surface area contributed by atoms with E-state index in [1.165, 1.54) is 6.07 Å². The van der Waals surface area contributed by atoms with Crippen LogP contribution in [0.1, 0.15) is 53.0 Å². The molecule has 36 heavy (non-hydrogen) atoms. The number of nitrogens with zero attached hydrogens (tertiary/aromatic N) is 6. The van der Waals surface area contributed by atoms with Crippen LogP contribution in [0.4, 0.5) is 15.0 Å². The maximum Gasteiger partial charge on any atom is 0.320 e. The number of hydrogen-bond acceptors (Lipinski definition) is 5. The van der Waals surface area contributed by atoms with Crippen molar-refractivity contribution in [3.05, 3.63) is 58.7 Å². The first-order chi connectivity index (χ1) is 17.6. The molecule has 1 aromatic carbocycles. The first-order valence-electron chi connectivity index (χ1n) is 12.6. The van der Waals surface area contributed by atoms with Crippen molar-refractivity contribution < 1.29 is 14.0 Å². The van der Waals surface area contributed by atoms with E-state index in [4.69, 9.17) is 0 Å². The minimum absolute atomic E-state index is 0.0187. The summed E-state index contributed by atoms with van der Waals surface area (Å²) >= 11 is 0. The lowest BCUT2D eigenvalue weighted by Crippen LogP contribution is -2.44. The number of fused-ring (bicyclic) bond motifs is 2. The van der Waals surface area contributed by atoms with Gasteiger partial charge in [0.1, 0.15) is 23.2 Å². The number of likely N-dealkylation sites (tertiary alicyclic amines) is 1. The molecule has 0 saturated carbocycles. The highest BCUT2D eigenvalue weighted by molar-refractivity contribution is 6.04. The van der Waals surface area contributed by atoms with Crippen LogP contribution >= 0.6 is 0 Å². The van der Waals surface area contributed by atoms with Gasteiger partial charge < -0.3 is 19.7 Å². The van der Waals surface area contributed by atoms with Crippen molar-refractivity contribution in [1.29, 1.82) is 0 Å². The molecule has 1 fully saturated rings. The molecule has 0 spiro atoms. The highest BCUT2D eigenvalue weighted by Gasteiger charge is 2.28. The first-order valence-corrected chi connectivity index (χ1v) is 12.6. The average molecular weight is 490 g/mol. The van der Waals surface area contributed by atoms with Crippen molar-refractivity contribution in [1.82, 2.24) is 29.5 Å². The second-order valence-electron chi connectivity index (χ2n) is 9.66. The quantitative estimate of drug-likeness (QED) is 0.606. The molecule has 0 bridgehead atoms. The van der Waals surface area contributed by atoms with Gasteiger partial charge in [-0.25, -0.2) is 14.2 Å². The molecule has 9 nitrogen and oxygen atoms in total. The maximum atomic E-state index is 14.9. The van der Waals surface area contributed by atoms with Crippen LogP contribution in [0.15, 0.2) is 30.3 Å². The lowest BCUT2D eigenvalue weighted by atomic mass is 9.96. The summed E-state index contributed by atoms with van der Waals surface area (Å²) in [5.41, 5.74) is 2.19. The monoisotopic (exact) mass is 489 g/mol. The summed E-state index contributed by atoms with van der Waals surface area (Å²) in [7, 11) is 0. The van der Waals surface area contributed by atoms with Gasteiger partial charge in [0.2, 0.25) is 0 Å². The van der Waals surface area contributed by atoms with E-state index in [-0.39, 0.29) is 11.6 Å². The number of benzene rings is 1. The molecule has 186 valence electrons. The van der Waals surface area contributed by atoms with Gasteiger partial charge in [0.25, 0.3) is 5.91 Å². The summed E-state index contributed by atoms with van der Waals surface area (Å²) in [6.45, 7) is 3.33. The Balaban J connectivity index is 1.21. The molecule has 5 heterocycles. The molecule has 3 aliphatic rings. The van der Waals surface area contributed by atoms with Gasteiger partial charge in [0.15, 0.2) is 5.82 Å². The fraction of sp³-hybridized carbons (Fsp3) is 0.423. The number of amides is 3. The number of rotatable bonds is 3. The minimum atomic E-state index is -0.578. The van der Waals surface area contributed by atoms with Crippen LogP contribution in [-0.2, 0) is 25.9 Å². The molecule has 1 saturated heterocycles. The van der Waals surface area contributed by atoms with Gasteiger partial charge in [0, 0.05) is 39.1 Å². The highest BCUT2D eigenvalue weighted by atomic mass is 19.1. The Bertz CT molecular complexity index is 1330. The van der Waals surface area contributed by atoms with E-state index >= 15 is 0 Å². The Kier molecular flexibility index (Phi) is 5.86. The molecule has 3 amide bonds. The molecule has 0 unspecified atom stereocenters. The number of urea groups is 1. The van der Waals surface area contributed by atoms with E-state index in [1.807, 2.05) is 11.0 Å². The Morgan fingerprint density at radius 2 is 1.72 bits per heavy atom. The number of aromatic nitrogens is 4. The number of carbonyl (C=O) groups excluding carboxylic acids is 2. The van der Waals surface area contributed by atoms with Crippen molar-refractivity contribution in [2.75, 3.05) is 25.0 Å². The molecule has 0 aliphatic carbocycles. The lowest BCUT2D eigenvalue weighted by molar-refractivity contribution is 0.102. The van der Waals surface area contributed by atoms with Crippen LogP contribution < -0.4 is 5.32 Å². The second-order valence-corrected chi connectivity index (χ2v) is 9.66. The molecule has 2 aromatic heterocycles. The topological polar surface area (TPSA) is 96.2 Å². The van der Waals surface area contributed by atoms with Crippen LogP contribution in [-0.4, -0.2) is 61.1 Å². The van der Waals surface area contributed by atoms with Crippen molar-refractivity contribution >= 4 is 17.8 Å². The molecular weight excluding hydrogens is 461 g/mol. The van der Waals surface area contributed by atoms with Gasteiger partial charge in [0.05, 0.1) is 5.56 Å². The zero-order chi connectivity index (χ0) is 24.6. The Hall–Kier alpha value is -3.82. The van der Waals surface area contributed by atoms with Gasteiger partial charge in [-0.3, -0.25) is 4.79 Å². The van der Waals surface area contributed by atoms with Crippen LogP contribution in [0.2, 0.25) is 0 Å². The summed E-state index contributed by atoms with van der Waals surface area (Å²) in [6.07, 6.45) is 5.67. The SMILES string of the molecule is O=C(Nc1cccc(-c2nnc3n2CCCC3)n1)c1cc2c(cc1F)CCN(C(=O)N1CCCC1)C2. The standard InChI is InChI=1S/C26H28FN7O2/c27-20-15-17-9-13-33(26(36)32-10-3-4-11-32)16-18(17)14-19(20)25(35)29-22-7-5-6-21(28-22)24-31-30-23-8-1-2-12-34(23)24/h5-7,14-15H,1-4,8-13,16H2,(H,28,29,35). The number of hydrogen-bond donors (Lipinski definition) is 1. The van der Waals surface area contributed by atoms with Crippen LogP contribution in [0.25, 0.3) is 11.5 Å². The van der Waals surface area contributed by atoms with Crippen molar-refractivity contribution in [3.8, 4) is 11.5 Å². The maximum absolute atomic E-state index is 14.9. The van der Waals surface area contributed by atoms with Gasteiger partial charge in [-0.1, -0.05) is 6.07 Å². The number of pyridine rings is 1. The molecule has 0 atom stereocenters. The molecule has 3 aromatic rings. The smallest absolute Gasteiger partial charge is 0.320 e. The van der Waals surface area contributed by atoms with Gasteiger partial charge in [-0.05, 0) is 67.5 Å². The normalized spacial score (nSPS) is 17.0. The number of halogens is 1. The predicted octanol–water partition coefficient (Wildman–Crippen LogP) is 3.64. The van der Waals surface area contributed by atoms with E-state index in [9.17, 15) is 14.0 Å². The van der Waals surface area contributed by atoms with Crippen molar-refractivity contribution in [3.63, 3.8) is 0 Å². The third-order valence-electron chi connectivity index (χ3n) is 7.27. The number of anilines is 1. The van der Waals surface area contributed by atoms with Crippen molar-refractivity contribution in [2.24, 2.45) is 0 Å². The van der Waals surface area contributed by atoms with Crippen molar-refractivity contribution in [2.45, 2.75) is 51.6 Å². The largest absolute Gasteiger partial charge is 0.325 e. The Labute approximate surface area is 208 Å². The van der Waals surface area contributed by atoms with E-state index < -0.39 is 11.7 Å². The molecule has 1 N–H and O–H groups in total. The zero-order valence-corrected chi connectivity index (χ0v) is 20.0. The fourth-order valence-electron chi connectivity index (χ4n) is 5.34. The Morgan fingerprint density at radius 3 is 2.58 bits per heavy atom. The predicted molar refractivity (Wildman–Crippen MR) is 131 cm³/mol. The second kappa shape index (κ2) is 9.33. The van der Waals surface area contributed by atoms with Crippen LogP contribution in [0, 0.1) is 5.82 Å². The number of carbonyl (C=O) groups is 2. The third kappa shape index (κ3) is 4.20. The van der Waals surface area contributed by atoms with E-state index in [1.54, 1.807) is 23.1 Å². The first kappa shape index (κ1) is 22.6.